The van der Waals surface area contributed by atoms with Gasteiger partial charge in [-0.05, 0) is 12.8 Å². The number of benzene rings is 1. The van der Waals surface area contributed by atoms with Gasteiger partial charge in [0.25, 0.3) is 5.91 Å². The number of ether oxygens (including phenoxy) is 1. The number of imide groups is 1. The lowest BCUT2D eigenvalue weighted by Crippen LogP contribution is -2.44. The van der Waals surface area contributed by atoms with Crippen LogP contribution in [0.2, 0.25) is 0 Å². The molecule has 2 unspecified atom stereocenters. The molecule has 2 atom stereocenters. The first kappa shape index (κ1) is 20.4. The molecule has 1 aliphatic rings. The summed E-state index contributed by atoms with van der Waals surface area (Å²) in [4.78, 5) is 50.1. The second-order valence-corrected chi connectivity index (χ2v) is 6.33. The lowest BCUT2D eigenvalue weighted by atomic mass is 9.97. The van der Waals surface area contributed by atoms with Gasteiger partial charge in [-0.2, -0.15) is 0 Å². The van der Waals surface area contributed by atoms with Crippen LogP contribution in [0.15, 0.2) is 30.3 Å². The maximum atomic E-state index is 12.7. The number of nitrogens with zero attached hydrogens (tertiary/aromatic N) is 1. The molecule has 2 N–H and O–H groups in total. The first-order chi connectivity index (χ1) is 13.0. The van der Waals surface area contributed by atoms with Gasteiger partial charge in [0.15, 0.2) is 0 Å². The number of rotatable bonds is 5. The molecule has 0 radical (unpaired) electrons. The van der Waals surface area contributed by atoms with Gasteiger partial charge in [-0.15, -0.1) is 0 Å². The van der Waals surface area contributed by atoms with E-state index in [0.717, 1.165) is 0 Å². The highest BCUT2D eigenvalue weighted by Gasteiger charge is 2.33. The summed E-state index contributed by atoms with van der Waals surface area (Å²) < 4.78 is 5.48. The van der Waals surface area contributed by atoms with Crippen LogP contribution in [-0.2, 0) is 19.1 Å². The van der Waals surface area contributed by atoms with Crippen LogP contribution in [0.5, 0.6) is 0 Å². The largest absolute Gasteiger partial charge is 0.447 e. The fourth-order valence-electron chi connectivity index (χ4n) is 2.97. The quantitative estimate of drug-likeness (QED) is 0.757. The van der Waals surface area contributed by atoms with Crippen molar-refractivity contribution in [2.75, 3.05) is 20.1 Å². The molecule has 0 aromatic heterocycles. The van der Waals surface area contributed by atoms with Gasteiger partial charge in [-0.25, -0.2) is 4.79 Å². The molecule has 2 rings (SSSR count). The highest BCUT2D eigenvalue weighted by atomic mass is 16.5. The monoisotopic (exact) mass is 375 g/mol. The van der Waals surface area contributed by atoms with Crippen molar-refractivity contribution in [2.24, 2.45) is 5.92 Å². The van der Waals surface area contributed by atoms with E-state index < -0.39 is 29.9 Å². The third-order valence-electron chi connectivity index (χ3n) is 4.45. The van der Waals surface area contributed by atoms with Crippen LogP contribution in [-0.4, -0.2) is 48.9 Å². The minimum atomic E-state index is -1.24. The zero-order valence-electron chi connectivity index (χ0n) is 15.6. The summed E-state index contributed by atoms with van der Waals surface area (Å²) in [7, 11) is 1.38. The van der Waals surface area contributed by atoms with Crippen molar-refractivity contribution in [3.05, 3.63) is 35.9 Å². The summed E-state index contributed by atoms with van der Waals surface area (Å²) in [5.74, 6) is -1.78. The molecule has 1 fully saturated rings. The van der Waals surface area contributed by atoms with Gasteiger partial charge in [-0.3, -0.25) is 19.7 Å². The smallest absolute Gasteiger partial charge is 0.321 e. The summed E-state index contributed by atoms with van der Waals surface area (Å²) in [6.45, 7) is 2.68. The number of urea groups is 1. The zero-order valence-corrected chi connectivity index (χ0v) is 15.6. The highest BCUT2D eigenvalue weighted by molar-refractivity contribution is 5.97. The van der Waals surface area contributed by atoms with Crippen LogP contribution in [0.1, 0.15) is 37.9 Å². The third kappa shape index (κ3) is 5.54. The molecule has 1 aromatic carbocycles. The van der Waals surface area contributed by atoms with Crippen molar-refractivity contribution in [2.45, 2.75) is 32.3 Å². The molecular formula is C19H25N3O5. The SMILES string of the molecule is CCC(=O)N1CCCC(C(=O)OC(C(=O)NC(=O)NC)c2ccccc2)C1. The molecule has 0 saturated carbocycles. The molecule has 1 aliphatic heterocycles. The molecule has 1 heterocycles. The zero-order chi connectivity index (χ0) is 19.8. The van der Waals surface area contributed by atoms with Crippen LogP contribution >= 0.6 is 0 Å². The topological polar surface area (TPSA) is 105 Å². The minimum absolute atomic E-state index is 0.00975. The Labute approximate surface area is 158 Å². The Morgan fingerprint density at radius 2 is 1.93 bits per heavy atom. The molecule has 8 heteroatoms. The first-order valence-electron chi connectivity index (χ1n) is 9.02. The second-order valence-electron chi connectivity index (χ2n) is 6.33. The number of piperidine rings is 1. The summed E-state index contributed by atoms with van der Waals surface area (Å²) in [5, 5.41) is 4.43. The van der Waals surface area contributed by atoms with Gasteiger partial charge in [0, 0.05) is 32.1 Å². The maximum absolute atomic E-state index is 12.7. The molecular weight excluding hydrogens is 350 g/mol. The first-order valence-corrected chi connectivity index (χ1v) is 9.02. The number of carbonyl (C=O) groups is 4. The molecule has 0 spiro atoms. The van der Waals surface area contributed by atoms with Gasteiger partial charge in [0.2, 0.25) is 12.0 Å². The Kier molecular flexibility index (Phi) is 7.34. The number of esters is 1. The average Bonchev–Trinajstić information content (AvgIpc) is 2.71. The van der Waals surface area contributed by atoms with Crippen LogP contribution < -0.4 is 10.6 Å². The number of carbonyl (C=O) groups excluding carboxylic acids is 4. The van der Waals surface area contributed by atoms with Crippen molar-refractivity contribution in [1.82, 2.24) is 15.5 Å². The van der Waals surface area contributed by atoms with E-state index in [1.807, 2.05) is 0 Å². The van der Waals surface area contributed by atoms with Crippen molar-refractivity contribution in [3.8, 4) is 0 Å². The number of likely N-dealkylation sites (tertiary alicyclic amines) is 1. The lowest BCUT2D eigenvalue weighted by molar-refractivity contribution is -0.162. The summed E-state index contributed by atoms with van der Waals surface area (Å²) >= 11 is 0. The molecule has 0 aliphatic carbocycles. The Balaban J connectivity index is 2.12. The number of hydrogen-bond donors (Lipinski definition) is 2. The van der Waals surface area contributed by atoms with Crippen LogP contribution in [0, 0.1) is 5.92 Å². The van der Waals surface area contributed by atoms with E-state index >= 15 is 0 Å². The molecule has 4 amide bonds. The molecule has 0 bridgehead atoms. The summed E-state index contributed by atoms with van der Waals surface area (Å²) in [6.07, 6.45) is 0.424. The number of amides is 4. The average molecular weight is 375 g/mol. The van der Waals surface area contributed by atoms with E-state index in [1.165, 1.54) is 7.05 Å². The van der Waals surface area contributed by atoms with Gasteiger partial charge in [0.1, 0.15) is 0 Å². The van der Waals surface area contributed by atoms with Gasteiger partial charge in [0.05, 0.1) is 5.92 Å². The summed E-state index contributed by atoms with van der Waals surface area (Å²) in [6, 6.07) is 7.81. The second kappa shape index (κ2) is 9.70. The van der Waals surface area contributed by atoms with Crippen LogP contribution in [0.4, 0.5) is 4.79 Å². The van der Waals surface area contributed by atoms with Gasteiger partial charge in [-0.1, -0.05) is 37.3 Å². The third-order valence-corrected chi connectivity index (χ3v) is 4.45. The minimum Gasteiger partial charge on any atom is -0.447 e. The van der Waals surface area contributed by atoms with Gasteiger partial charge >= 0.3 is 12.0 Å². The Bertz CT molecular complexity index is 692. The van der Waals surface area contributed by atoms with E-state index in [-0.39, 0.29) is 12.5 Å². The molecule has 146 valence electrons. The van der Waals surface area contributed by atoms with Gasteiger partial charge < -0.3 is 15.0 Å². The Morgan fingerprint density at radius 1 is 1.22 bits per heavy atom. The highest BCUT2D eigenvalue weighted by Crippen LogP contribution is 2.24. The number of hydrogen-bond acceptors (Lipinski definition) is 5. The van der Waals surface area contributed by atoms with Crippen molar-refractivity contribution in [1.29, 1.82) is 0 Å². The molecule has 8 nitrogen and oxygen atoms in total. The van der Waals surface area contributed by atoms with Crippen molar-refractivity contribution < 1.29 is 23.9 Å². The predicted octanol–water partition coefficient (Wildman–Crippen LogP) is 1.38. The fraction of sp³-hybridized carbons (Fsp3) is 0.474. The van der Waals surface area contributed by atoms with E-state index in [2.05, 4.69) is 10.6 Å². The van der Waals surface area contributed by atoms with E-state index in [1.54, 1.807) is 42.2 Å². The van der Waals surface area contributed by atoms with Crippen molar-refractivity contribution in [3.63, 3.8) is 0 Å². The van der Waals surface area contributed by atoms with Crippen molar-refractivity contribution >= 4 is 23.8 Å². The number of nitrogens with one attached hydrogen (secondary N) is 2. The lowest BCUT2D eigenvalue weighted by Gasteiger charge is -2.32. The summed E-state index contributed by atoms with van der Waals surface area (Å²) in [5.41, 5.74) is 0.463. The molecule has 1 saturated heterocycles. The Hall–Kier alpha value is -2.90. The standard InChI is InChI=1S/C19H25N3O5/c1-3-15(23)22-11-7-10-14(12-22)18(25)27-16(13-8-5-4-6-9-13)17(24)21-19(26)20-2/h4-6,8-9,14,16H,3,7,10-12H2,1-2H3,(H2,20,21,24,26). The Morgan fingerprint density at radius 3 is 2.56 bits per heavy atom. The normalized spacial score (nSPS) is 17.6. The maximum Gasteiger partial charge on any atom is 0.321 e. The molecule has 27 heavy (non-hydrogen) atoms. The van der Waals surface area contributed by atoms with Crippen LogP contribution in [0.25, 0.3) is 0 Å². The van der Waals surface area contributed by atoms with E-state index in [4.69, 9.17) is 4.74 Å². The molecule has 1 aromatic rings. The predicted molar refractivity (Wildman–Crippen MR) is 97.5 cm³/mol. The fourth-order valence-corrected chi connectivity index (χ4v) is 2.97. The van der Waals surface area contributed by atoms with E-state index in [0.29, 0.717) is 31.4 Å². The van der Waals surface area contributed by atoms with E-state index in [9.17, 15) is 19.2 Å². The van der Waals surface area contributed by atoms with Crippen LogP contribution in [0.3, 0.4) is 0 Å².